The van der Waals surface area contributed by atoms with Crippen molar-refractivity contribution in [3.63, 3.8) is 0 Å². The van der Waals surface area contributed by atoms with E-state index in [1.807, 2.05) is 0 Å². The molecule has 6 heteroatoms. The molecular weight excluding hydrogens is 266 g/mol. The van der Waals surface area contributed by atoms with Gasteiger partial charge < -0.3 is 16.4 Å². The Balaban J connectivity index is 2.03. The largest absolute Gasteiger partial charge is 0.365 e. The van der Waals surface area contributed by atoms with E-state index in [2.05, 4.69) is 21.7 Å². The maximum atomic E-state index is 11.5. The van der Waals surface area contributed by atoms with E-state index in [1.165, 1.54) is 0 Å². The van der Waals surface area contributed by atoms with Crippen molar-refractivity contribution >= 4 is 11.7 Å². The quantitative estimate of drug-likeness (QED) is 0.793. The third kappa shape index (κ3) is 3.71. The predicted molar refractivity (Wildman–Crippen MR) is 84.3 cm³/mol. The van der Waals surface area contributed by atoms with Gasteiger partial charge in [-0.2, -0.15) is 0 Å². The number of carbonyl (C=O) groups excluding carboxylic acids is 1. The fourth-order valence-corrected chi connectivity index (χ4v) is 2.92. The molecule has 1 fully saturated rings. The summed E-state index contributed by atoms with van der Waals surface area (Å²) in [7, 11) is 0. The lowest BCUT2D eigenvalue weighted by Gasteiger charge is -2.39. The molecule has 1 aromatic heterocycles. The second-order valence-electron chi connectivity index (χ2n) is 5.44. The number of anilines is 1. The predicted octanol–water partition coefficient (Wildman–Crippen LogP) is 0.430. The van der Waals surface area contributed by atoms with E-state index < -0.39 is 5.91 Å². The molecule has 2 rings (SSSR count). The molecule has 6 nitrogen and oxygen atoms in total. The average molecular weight is 291 g/mol. The van der Waals surface area contributed by atoms with Crippen LogP contribution in [0.15, 0.2) is 18.3 Å². The lowest BCUT2D eigenvalue weighted by Crippen LogP contribution is -2.52. The Morgan fingerprint density at radius 1 is 1.38 bits per heavy atom. The van der Waals surface area contributed by atoms with Gasteiger partial charge in [0.25, 0.3) is 5.91 Å². The van der Waals surface area contributed by atoms with Crippen LogP contribution in [0.5, 0.6) is 0 Å². The summed E-state index contributed by atoms with van der Waals surface area (Å²) in [5.74, 6) is 0.274. The zero-order chi connectivity index (χ0) is 15.2. The summed E-state index contributed by atoms with van der Waals surface area (Å²) in [4.78, 5) is 20.4. The highest BCUT2D eigenvalue weighted by atomic mass is 16.1. The highest BCUT2D eigenvalue weighted by Gasteiger charge is 2.25. The maximum absolute atomic E-state index is 11.5. The molecular formula is C15H25N5O. The monoisotopic (exact) mass is 291 g/mol. The smallest absolute Gasteiger partial charge is 0.252 e. The minimum absolute atomic E-state index is 0.425. The second kappa shape index (κ2) is 7.38. The number of nitrogens with zero attached hydrogens (tertiary/aromatic N) is 3. The van der Waals surface area contributed by atoms with Crippen LogP contribution in [0.25, 0.3) is 0 Å². The minimum atomic E-state index is -0.425. The van der Waals surface area contributed by atoms with Crippen LogP contribution in [0.4, 0.5) is 5.82 Å². The Bertz CT molecular complexity index is 471. The van der Waals surface area contributed by atoms with Crippen LogP contribution in [0.1, 0.15) is 30.1 Å². The lowest BCUT2D eigenvalue weighted by atomic mass is 10.1. The third-order valence-electron chi connectivity index (χ3n) is 4.08. The number of amides is 1. The molecule has 1 saturated heterocycles. The van der Waals surface area contributed by atoms with Gasteiger partial charge in [0.1, 0.15) is 5.82 Å². The molecule has 4 N–H and O–H groups in total. The highest BCUT2D eigenvalue weighted by Crippen LogP contribution is 2.19. The van der Waals surface area contributed by atoms with Crippen molar-refractivity contribution in [2.45, 2.75) is 25.8 Å². The number of pyridine rings is 1. The van der Waals surface area contributed by atoms with Crippen LogP contribution >= 0.6 is 0 Å². The van der Waals surface area contributed by atoms with Gasteiger partial charge in [-0.25, -0.2) is 4.98 Å². The number of carbonyl (C=O) groups is 1. The van der Waals surface area contributed by atoms with Crippen molar-refractivity contribution < 1.29 is 4.79 Å². The first-order valence-electron chi connectivity index (χ1n) is 7.61. The second-order valence-corrected chi connectivity index (χ2v) is 5.44. The summed E-state index contributed by atoms with van der Waals surface area (Å²) >= 11 is 0. The topological polar surface area (TPSA) is 88.5 Å². The molecule has 0 radical (unpaired) electrons. The van der Waals surface area contributed by atoms with Gasteiger partial charge in [-0.1, -0.05) is 13.3 Å². The van der Waals surface area contributed by atoms with Crippen molar-refractivity contribution in [1.82, 2.24) is 9.88 Å². The maximum Gasteiger partial charge on any atom is 0.252 e. The van der Waals surface area contributed by atoms with E-state index in [0.29, 0.717) is 24.0 Å². The fraction of sp³-hybridized carbons (Fsp3) is 0.600. The van der Waals surface area contributed by atoms with E-state index in [0.717, 1.165) is 39.0 Å². The van der Waals surface area contributed by atoms with Crippen LogP contribution in [0, 0.1) is 0 Å². The molecule has 1 aliphatic rings. The molecule has 1 amide bonds. The fourth-order valence-electron chi connectivity index (χ4n) is 2.92. The van der Waals surface area contributed by atoms with Crippen molar-refractivity contribution in [3.8, 4) is 0 Å². The summed E-state index contributed by atoms with van der Waals surface area (Å²) in [5.41, 5.74) is 11.8. The molecule has 21 heavy (non-hydrogen) atoms. The number of aromatic nitrogens is 1. The van der Waals surface area contributed by atoms with Crippen molar-refractivity contribution in [3.05, 3.63) is 23.9 Å². The molecule has 2 heterocycles. The molecule has 0 bridgehead atoms. The molecule has 0 aliphatic carbocycles. The first-order valence-corrected chi connectivity index (χ1v) is 7.61. The van der Waals surface area contributed by atoms with Gasteiger partial charge in [0.05, 0.1) is 5.56 Å². The molecule has 0 spiro atoms. The first kappa shape index (κ1) is 15.7. The number of hydrogen-bond donors (Lipinski definition) is 2. The van der Waals surface area contributed by atoms with Gasteiger partial charge in [-0.15, -0.1) is 0 Å². The standard InChI is InChI=1S/C15H25N5O/c1-2-4-12(11-16)19-7-9-20(10-8-19)15-13(14(17)21)5-3-6-18-15/h3,5-6,12H,2,4,7-11,16H2,1H3,(H2,17,21). The normalized spacial score (nSPS) is 17.7. The van der Waals surface area contributed by atoms with Crippen molar-refractivity contribution in [2.24, 2.45) is 11.5 Å². The van der Waals surface area contributed by atoms with Gasteiger partial charge in [0, 0.05) is 45.0 Å². The molecule has 0 aromatic carbocycles. The van der Waals surface area contributed by atoms with Gasteiger partial charge in [0.15, 0.2) is 0 Å². The first-order chi connectivity index (χ1) is 10.2. The Morgan fingerprint density at radius 2 is 2.10 bits per heavy atom. The van der Waals surface area contributed by atoms with Gasteiger partial charge in [0.2, 0.25) is 0 Å². The zero-order valence-corrected chi connectivity index (χ0v) is 12.7. The Labute approximate surface area is 126 Å². The Kier molecular flexibility index (Phi) is 5.52. The van der Waals surface area contributed by atoms with E-state index in [-0.39, 0.29) is 0 Å². The Hall–Kier alpha value is -1.66. The van der Waals surface area contributed by atoms with Gasteiger partial charge in [-0.3, -0.25) is 9.69 Å². The molecule has 0 saturated carbocycles. The van der Waals surface area contributed by atoms with E-state index in [1.54, 1.807) is 18.3 Å². The summed E-state index contributed by atoms with van der Waals surface area (Å²) in [6.07, 6.45) is 3.98. The van der Waals surface area contributed by atoms with Gasteiger partial charge in [-0.05, 0) is 18.6 Å². The zero-order valence-electron chi connectivity index (χ0n) is 12.7. The number of piperazine rings is 1. The average Bonchev–Trinajstić information content (AvgIpc) is 2.53. The van der Waals surface area contributed by atoms with Crippen LogP contribution < -0.4 is 16.4 Å². The van der Waals surface area contributed by atoms with Crippen LogP contribution in [-0.4, -0.2) is 54.6 Å². The summed E-state index contributed by atoms with van der Waals surface area (Å²) in [5, 5.41) is 0. The summed E-state index contributed by atoms with van der Waals surface area (Å²) in [6, 6.07) is 3.93. The van der Waals surface area contributed by atoms with Gasteiger partial charge >= 0.3 is 0 Å². The van der Waals surface area contributed by atoms with E-state index in [9.17, 15) is 4.79 Å². The number of rotatable bonds is 6. The highest BCUT2D eigenvalue weighted by molar-refractivity contribution is 5.97. The van der Waals surface area contributed by atoms with Crippen LogP contribution in [-0.2, 0) is 0 Å². The molecule has 1 atom stereocenters. The summed E-state index contributed by atoms with van der Waals surface area (Å²) in [6.45, 7) is 6.46. The number of primary amides is 1. The summed E-state index contributed by atoms with van der Waals surface area (Å²) < 4.78 is 0. The molecule has 1 aliphatic heterocycles. The Morgan fingerprint density at radius 3 is 2.67 bits per heavy atom. The van der Waals surface area contributed by atoms with E-state index in [4.69, 9.17) is 11.5 Å². The number of hydrogen-bond acceptors (Lipinski definition) is 5. The minimum Gasteiger partial charge on any atom is -0.365 e. The van der Waals surface area contributed by atoms with E-state index >= 15 is 0 Å². The molecule has 116 valence electrons. The van der Waals surface area contributed by atoms with Crippen molar-refractivity contribution in [2.75, 3.05) is 37.6 Å². The van der Waals surface area contributed by atoms with Crippen molar-refractivity contribution in [1.29, 1.82) is 0 Å². The number of nitrogens with two attached hydrogens (primary N) is 2. The van der Waals surface area contributed by atoms with Crippen LogP contribution in [0.3, 0.4) is 0 Å². The SMILES string of the molecule is CCCC(CN)N1CCN(c2ncccc2C(N)=O)CC1. The molecule has 1 unspecified atom stereocenters. The third-order valence-corrected chi connectivity index (χ3v) is 4.08. The molecule has 1 aromatic rings. The van der Waals surface area contributed by atoms with Crippen LogP contribution in [0.2, 0.25) is 0 Å². The lowest BCUT2D eigenvalue weighted by molar-refractivity contribution is 0.1000.